The highest BCUT2D eigenvalue weighted by molar-refractivity contribution is 6.31. The van der Waals surface area contributed by atoms with Crippen molar-refractivity contribution in [2.75, 3.05) is 5.73 Å². The van der Waals surface area contributed by atoms with E-state index in [1.54, 1.807) is 18.2 Å². The Morgan fingerprint density at radius 3 is 2.79 bits per heavy atom. The maximum atomic E-state index is 8.68. The number of aromatic nitrogens is 2. The van der Waals surface area contributed by atoms with Crippen LogP contribution in [0.4, 0.5) is 5.82 Å². The molecule has 4 nitrogen and oxygen atoms in total. The van der Waals surface area contributed by atoms with Gasteiger partial charge in [-0.2, -0.15) is 5.26 Å². The SMILES string of the molecule is N#Cc1nc2cc(Cl)ccc2nc1N. The van der Waals surface area contributed by atoms with Crippen LogP contribution in [0.25, 0.3) is 11.0 Å². The third-order valence-electron chi connectivity index (χ3n) is 1.76. The quantitative estimate of drug-likeness (QED) is 0.709. The van der Waals surface area contributed by atoms with Crippen molar-refractivity contribution < 1.29 is 0 Å². The number of nitrogen functional groups attached to an aromatic ring is 1. The lowest BCUT2D eigenvalue weighted by molar-refractivity contribution is 1.25. The smallest absolute Gasteiger partial charge is 0.183 e. The second kappa shape index (κ2) is 3.13. The third-order valence-corrected chi connectivity index (χ3v) is 1.99. The van der Waals surface area contributed by atoms with Crippen LogP contribution in [0.3, 0.4) is 0 Å². The summed E-state index contributed by atoms with van der Waals surface area (Å²) < 4.78 is 0. The highest BCUT2D eigenvalue weighted by Gasteiger charge is 2.04. The van der Waals surface area contributed by atoms with Gasteiger partial charge in [-0.3, -0.25) is 0 Å². The normalized spacial score (nSPS) is 10.0. The zero-order chi connectivity index (χ0) is 10.1. The number of anilines is 1. The molecule has 0 spiro atoms. The fourth-order valence-electron chi connectivity index (χ4n) is 1.12. The van der Waals surface area contributed by atoms with Gasteiger partial charge >= 0.3 is 0 Å². The molecule has 1 aromatic heterocycles. The van der Waals surface area contributed by atoms with Gasteiger partial charge in [0.05, 0.1) is 11.0 Å². The van der Waals surface area contributed by atoms with Gasteiger partial charge in [0, 0.05) is 5.02 Å². The molecular weight excluding hydrogens is 200 g/mol. The third kappa shape index (κ3) is 1.34. The molecule has 2 aromatic rings. The second-order valence-corrected chi connectivity index (χ2v) is 3.14. The molecule has 0 bridgehead atoms. The highest BCUT2D eigenvalue weighted by Crippen LogP contribution is 2.18. The fraction of sp³-hybridized carbons (Fsp3) is 0. The molecule has 0 unspecified atom stereocenters. The van der Waals surface area contributed by atoms with Crippen LogP contribution >= 0.6 is 11.6 Å². The molecule has 2 rings (SSSR count). The molecule has 0 aliphatic rings. The topological polar surface area (TPSA) is 75.6 Å². The van der Waals surface area contributed by atoms with Gasteiger partial charge in [-0.25, -0.2) is 9.97 Å². The Kier molecular flexibility index (Phi) is 1.95. The number of nitriles is 1. The van der Waals surface area contributed by atoms with Crippen LogP contribution in [0.15, 0.2) is 18.2 Å². The summed E-state index contributed by atoms with van der Waals surface area (Å²) in [7, 11) is 0. The molecule has 0 radical (unpaired) electrons. The van der Waals surface area contributed by atoms with Crippen LogP contribution in [0, 0.1) is 11.3 Å². The van der Waals surface area contributed by atoms with E-state index in [-0.39, 0.29) is 11.5 Å². The van der Waals surface area contributed by atoms with Gasteiger partial charge in [-0.15, -0.1) is 0 Å². The van der Waals surface area contributed by atoms with E-state index in [0.717, 1.165) is 0 Å². The predicted molar refractivity (Wildman–Crippen MR) is 53.7 cm³/mol. The fourth-order valence-corrected chi connectivity index (χ4v) is 1.29. The summed E-state index contributed by atoms with van der Waals surface area (Å²) in [6, 6.07) is 6.92. The number of hydrogen-bond donors (Lipinski definition) is 1. The Balaban J connectivity index is 2.82. The molecule has 5 heteroatoms. The van der Waals surface area contributed by atoms with Crippen LogP contribution in [0.1, 0.15) is 5.69 Å². The number of fused-ring (bicyclic) bond motifs is 1. The lowest BCUT2D eigenvalue weighted by Crippen LogP contribution is -1.98. The number of nitrogens with two attached hydrogens (primary N) is 1. The molecule has 1 heterocycles. The summed E-state index contributed by atoms with van der Waals surface area (Å²) in [6.45, 7) is 0. The maximum absolute atomic E-state index is 8.68. The van der Waals surface area contributed by atoms with E-state index in [1.807, 2.05) is 6.07 Å². The summed E-state index contributed by atoms with van der Waals surface area (Å²) in [5.74, 6) is 0.141. The Bertz CT molecular complexity index is 544. The van der Waals surface area contributed by atoms with Crippen molar-refractivity contribution in [2.24, 2.45) is 0 Å². The molecule has 0 saturated heterocycles. The van der Waals surface area contributed by atoms with Crippen molar-refractivity contribution in [1.29, 1.82) is 5.26 Å². The van der Waals surface area contributed by atoms with E-state index in [0.29, 0.717) is 16.1 Å². The number of nitrogens with zero attached hydrogens (tertiary/aromatic N) is 3. The molecule has 0 atom stereocenters. The van der Waals surface area contributed by atoms with Crippen LogP contribution in [-0.2, 0) is 0 Å². The van der Waals surface area contributed by atoms with Gasteiger partial charge in [0.1, 0.15) is 6.07 Å². The van der Waals surface area contributed by atoms with Crippen molar-refractivity contribution in [2.45, 2.75) is 0 Å². The largest absolute Gasteiger partial charge is 0.381 e. The first-order valence-electron chi connectivity index (χ1n) is 3.83. The molecule has 0 amide bonds. The lowest BCUT2D eigenvalue weighted by Gasteiger charge is -1.99. The van der Waals surface area contributed by atoms with E-state index in [1.165, 1.54) is 0 Å². The first kappa shape index (κ1) is 8.73. The van der Waals surface area contributed by atoms with E-state index >= 15 is 0 Å². The Morgan fingerprint density at radius 1 is 1.29 bits per heavy atom. The summed E-state index contributed by atoms with van der Waals surface area (Å²) in [5, 5.41) is 9.24. The molecular formula is C9H5ClN4. The minimum Gasteiger partial charge on any atom is -0.381 e. The van der Waals surface area contributed by atoms with Crippen molar-refractivity contribution in [1.82, 2.24) is 9.97 Å². The Hall–Kier alpha value is -1.86. The predicted octanol–water partition coefficient (Wildman–Crippen LogP) is 1.74. The van der Waals surface area contributed by atoms with Crippen molar-refractivity contribution in [3.8, 4) is 6.07 Å². The first-order chi connectivity index (χ1) is 6.70. The van der Waals surface area contributed by atoms with Crippen LogP contribution in [0.2, 0.25) is 5.02 Å². The van der Waals surface area contributed by atoms with Crippen molar-refractivity contribution in [3.63, 3.8) is 0 Å². The molecule has 1 aromatic carbocycles. The zero-order valence-corrected chi connectivity index (χ0v) is 7.78. The monoisotopic (exact) mass is 204 g/mol. The van der Waals surface area contributed by atoms with Gasteiger partial charge in [0.2, 0.25) is 0 Å². The summed E-state index contributed by atoms with van der Waals surface area (Å²) in [5.41, 5.74) is 6.83. The van der Waals surface area contributed by atoms with E-state index in [9.17, 15) is 0 Å². The van der Waals surface area contributed by atoms with Crippen molar-refractivity contribution in [3.05, 3.63) is 28.9 Å². The summed E-state index contributed by atoms with van der Waals surface area (Å²) in [6.07, 6.45) is 0. The number of rotatable bonds is 0. The second-order valence-electron chi connectivity index (χ2n) is 2.70. The zero-order valence-electron chi connectivity index (χ0n) is 7.03. The highest BCUT2D eigenvalue weighted by atomic mass is 35.5. The molecule has 0 fully saturated rings. The first-order valence-corrected chi connectivity index (χ1v) is 4.21. The van der Waals surface area contributed by atoms with Gasteiger partial charge in [0.25, 0.3) is 0 Å². The van der Waals surface area contributed by atoms with Crippen LogP contribution in [0.5, 0.6) is 0 Å². The van der Waals surface area contributed by atoms with E-state index < -0.39 is 0 Å². The molecule has 14 heavy (non-hydrogen) atoms. The Morgan fingerprint density at radius 2 is 2.07 bits per heavy atom. The molecule has 2 N–H and O–H groups in total. The van der Waals surface area contributed by atoms with Gasteiger partial charge in [-0.1, -0.05) is 11.6 Å². The summed E-state index contributed by atoms with van der Waals surface area (Å²) in [4.78, 5) is 8.04. The minimum atomic E-state index is 0.125. The molecule has 68 valence electrons. The van der Waals surface area contributed by atoms with E-state index in [2.05, 4.69) is 9.97 Å². The lowest BCUT2D eigenvalue weighted by atomic mass is 10.3. The Labute approximate surface area is 85.0 Å². The molecule has 0 aliphatic carbocycles. The van der Waals surface area contributed by atoms with Gasteiger partial charge in [0.15, 0.2) is 11.5 Å². The molecule has 0 aliphatic heterocycles. The average Bonchev–Trinajstić information content (AvgIpc) is 2.17. The number of benzene rings is 1. The maximum Gasteiger partial charge on any atom is 0.183 e. The number of hydrogen-bond acceptors (Lipinski definition) is 4. The standard InChI is InChI=1S/C9H5ClN4/c10-5-1-2-6-7(3-5)13-8(4-11)9(12)14-6/h1-3H,(H2,12,14). The minimum absolute atomic E-state index is 0.125. The number of halogens is 1. The van der Waals surface area contributed by atoms with Gasteiger partial charge in [-0.05, 0) is 18.2 Å². The van der Waals surface area contributed by atoms with Crippen molar-refractivity contribution >= 4 is 28.5 Å². The average molecular weight is 205 g/mol. The summed E-state index contributed by atoms with van der Waals surface area (Å²) >= 11 is 5.77. The van der Waals surface area contributed by atoms with Gasteiger partial charge < -0.3 is 5.73 Å². The van der Waals surface area contributed by atoms with Crippen LogP contribution in [-0.4, -0.2) is 9.97 Å². The molecule has 0 saturated carbocycles. The van der Waals surface area contributed by atoms with Crippen LogP contribution < -0.4 is 5.73 Å². The van der Waals surface area contributed by atoms with E-state index in [4.69, 9.17) is 22.6 Å².